The molecule has 0 N–H and O–H groups in total. The summed E-state index contributed by atoms with van der Waals surface area (Å²) >= 11 is 0. The molecule has 0 radical (unpaired) electrons. The first kappa shape index (κ1) is 13.4. The summed E-state index contributed by atoms with van der Waals surface area (Å²) in [6.07, 6.45) is 1.92. The minimum atomic E-state index is -3.68. The van der Waals surface area contributed by atoms with Gasteiger partial charge in [-0.3, -0.25) is 0 Å². The minimum absolute atomic E-state index is 0.0968. The van der Waals surface area contributed by atoms with Crippen molar-refractivity contribution in [1.82, 2.24) is 4.31 Å². The molecule has 1 aromatic rings. The number of hydrogen-bond donors (Lipinski definition) is 0. The van der Waals surface area contributed by atoms with Crippen LogP contribution in [-0.4, -0.2) is 31.5 Å². The molecule has 0 aromatic heterocycles. The molecular weight excluding hydrogens is 266 g/mol. The van der Waals surface area contributed by atoms with Crippen molar-refractivity contribution in [3.05, 3.63) is 29.8 Å². The van der Waals surface area contributed by atoms with Crippen LogP contribution in [0.5, 0.6) is 0 Å². The smallest absolute Gasteiger partial charge is 0.211 e. The molecular formula is C12H11N3O3S. The fraction of sp³-hybridized carbons (Fsp3) is 0.333. The Kier molecular flexibility index (Phi) is 3.76. The largest absolute Gasteiger partial charge is 0.244 e. The van der Waals surface area contributed by atoms with Crippen molar-refractivity contribution in [3.63, 3.8) is 0 Å². The number of nitrogens with zero attached hydrogens (tertiary/aromatic N) is 3. The van der Waals surface area contributed by atoms with Crippen LogP contribution in [0.3, 0.4) is 0 Å². The van der Waals surface area contributed by atoms with E-state index in [0.29, 0.717) is 24.9 Å². The van der Waals surface area contributed by atoms with Crippen molar-refractivity contribution in [1.29, 1.82) is 5.26 Å². The van der Waals surface area contributed by atoms with Crippen LogP contribution in [0.2, 0.25) is 0 Å². The highest BCUT2D eigenvalue weighted by Crippen LogP contribution is 2.26. The van der Waals surface area contributed by atoms with Gasteiger partial charge in [0, 0.05) is 6.54 Å². The molecule has 1 aliphatic heterocycles. The molecule has 0 saturated carbocycles. The van der Waals surface area contributed by atoms with Crippen LogP contribution in [0, 0.1) is 11.3 Å². The van der Waals surface area contributed by atoms with Crippen molar-refractivity contribution < 1.29 is 13.2 Å². The molecule has 7 heteroatoms. The van der Waals surface area contributed by atoms with E-state index in [-0.39, 0.29) is 4.90 Å². The van der Waals surface area contributed by atoms with E-state index in [0.717, 1.165) is 0 Å². The second kappa shape index (κ2) is 5.33. The fourth-order valence-electron chi connectivity index (χ4n) is 2.03. The van der Waals surface area contributed by atoms with Crippen molar-refractivity contribution in [2.24, 2.45) is 4.99 Å². The summed E-state index contributed by atoms with van der Waals surface area (Å²) in [6.45, 7) is 0.332. The topological polar surface area (TPSA) is 90.6 Å². The Morgan fingerprint density at radius 1 is 1.32 bits per heavy atom. The maximum atomic E-state index is 12.4. The second-order valence-electron chi connectivity index (χ2n) is 4.10. The van der Waals surface area contributed by atoms with E-state index >= 15 is 0 Å². The van der Waals surface area contributed by atoms with Gasteiger partial charge < -0.3 is 0 Å². The van der Waals surface area contributed by atoms with Gasteiger partial charge in [-0.1, -0.05) is 0 Å². The second-order valence-corrected chi connectivity index (χ2v) is 5.99. The highest BCUT2D eigenvalue weighted by molar-refractivity contribution is 7.89. The lowest BCUT2D eigenvalue weighted by atomic mass is 10.2. The summed E-state index contributed by atoms with van der Waals surface area (Å²) in [5.41, 5.74) is 0.392. The van der Waals surface area contributed by atoms with Crippen LogP contribution in [0.4, 0.5) is 0 Å². The maximum absolute atomic E-state index is 12.4. The molecule has 1 aliphatic rings. The van der Waals surface area contributed by atoms with Crippen molar-refractivity contribution >= 4 is 16.1 Å². The zero-order valence-electron chi connectivity index (χ0n) is 9.98. The van der Waals surface area contributed by atoms with Crippen molar-refractivity contribution in [2.45, 2.75) is 23.9 Å². The highest BCUT2D eigenvalue weighted by atomic mass is 32.2. The number of rotatable bonds is 3. The summed E-state index contributed by atoms with van der Waals surface area (Å²) in [5.74, 6) is 0. The molecule has 0 spiro atoms. The van der Waals surface area contributed by atoms with Crippen LogP contribution in [0.25, 0.3) is 0 Å². The number of isocyanates is 1. The molecule has 1 heterocycles. The lowest BCUT2D eigenvalue weighted by Crippen LogP contribution is -2.34. The summed E-state index contributed by atoms with van der Waals surface area (Å²) in [5, 5.41) is 8.69. The van der Waals surface area contributed by atoms with E-state index in [1.54, 1.807) is 0 Å². The highest BCUT2D eigenvalue weighted by Gasteiger charge is 2.35. The first-order chi connectivity index (χ1) is 9.09. The zero-order valence-corrected chi connectivity index (χ0v) is 10.8. The molecule has 6 nitrogen and oxygen atoms in total. The van der Waals surface area contributed by atoms with E-state index in [1.165, 1.54) is 34.7 Å². The SMILES string of the molecule is N#Cc1ccc(S(=O)(=O)N2CCCC2N=C=O)cc1. The van der Waals surface area contributed by atoms with Crippen molar-refractivity contribution in [2.75, 3.05) is 6.54 Å². The number of nitriles is 1. The summed E-state index contributed by atoms with van der Waals surface area (Å²) in [6, 6.07) is 7.58. The van der Waals surface area contributed by atoms with Crippen LogP contribution < -0.4 is 0 Å². The Morgan fingerprint density at radius 2 is 2.00 bits per heavy atom. The Bertz CT molecular complexity index is 654. The molecule has 0 bridgehead atoms. The first-order valence-corrected chi connectivity index (χ1v) is 7.12. The first-order valence-electron chi connectivity index (χ1n) is 5.68. The molecule has 1 fully saturated rings. The van der Waals surface area contributed by atoms with Gasteiger partial charge in [-0.2, -0.15) is 14.6 Å². The van der Waals surface area contributed by atoms with Gasteiger partial charge in [-0.25, -0.2) is 13.2 Å². The Hall–Kier alpha value is -2.00. The molecule has 1 unspecified atom stereocenters. The standard InChI is InChI=1S/C12H11N3O3S/c13-8-10-3-5-11(6-4-10)19(17,18)15-7-1-2-12(15)14-9-16/h3-6,12H,1-2,7H2. The predicted molar refractivity (Wildman–Crippen MR) is 66.2 cm³/mol. The van der Waals surface area contributed by atoms with Gasteiger partial charge in [-0.05, 0) is 37.1 Å². The average molecular weight is 277 g/mol. The molecule has 0 amide bonds. The van der Waals surface area contributed by atoms with Gasteiger partial charge in [-0.15, -0.1) is 0 Å². The number of aliphatic imine (C=N–C) groups is 1. The molecule has 19 heavy (non-hydrogen) atoms. The monoisotopic (exact) mass is 277 g/mol. The molecule has 0 aliphatic carbocycles. The van der Waals surface area contributed by atoms with Gasteiger partial charge in [0.05, 0.1) is 16.5 Å². The molecule has 1 aromatic carbocycles. The van der Waals surface area contributed by atoms with E-state index in [9.17, 15) is 13.2 Å². The molecule has 1 atom stereocenters. The Morgan fingerprint density at radius 3 is 2.58 bits per heavy atom. The molecule has 98 valence electrons. The summed E-state index contributed by atoms with van der Waals surface area (Å²) < 4.78 is 25.9. The Balaban J connectivity index is 2.36. The third-order valence-corrected chi connectivity index (χ3v) is 4.88. The van der Waals surface area contributed by atoms with Crippen LogP contribution in [0.15, 0.2) is 34.2 Å². The number of sulfonamides is 1. The van der Waals surface area contributed by atoms with E-state index in [1.807, 2.05) is 6.07 Å². The van der Waals surface area contributed by atoms with Crippen LogP contribution in [-0.2, 0) is 14.8 Å². The number of carbonyl (C=O) groups excluding carboxylic acids is 1. The van der Waals surface area contributed by atoms with Crippen LogP contribution in [0.1, 0.15) is 18.4 Å². The average Bonchev–Trinajstić information content (AvgIpc) is 2.88. The van der Waals surface area contributed by atoms with Gasteiger partial charge in [0.25, 0.3) is 0 Å². The van der Waals surface area contributed by atoms with Crippen LogP contribution >= 0.6 is 0 Å². The maximum Gasteiger partial charge on any atom is 0.244 e. The van der Waals surface area contributed by atoms with E-state index in [2.05, 4.69) is 4.99 Å². The summed E-state index contributed by atoms with van der Waals surface area (Å²) in [7, 11) is -3.68. The number of benzene rings is 1. The van der Waals surface area contributed by atoms with Gasteiger partial charge in [0.1, 0.15) is 6.17 Å². The predicted octanol–water partition coefficient (Wildman–Crippen LogP) is 1.00. The van der Waals surface area contributed by atoms with Gasteiger partial charge >= 0.3 is 0 Å². The molecule has 2 rings (SSSR count). The molecule has 1 saturated heterocycles. The minimum Gasteiger partial charge on any atom is -0.211 e. The lowest BCUT2D eigenvalue weighted by Gasteiger charge is -2.19. The fourth-order valence-corrected chi connectivity index (χ4v) is 3.62. The zero-order chi connectivity index (χ0) is 13.9. The number of hydrogen-bond acceptors (Lipinski definition) is 5. The van der Waals surface area contributed by atoms with E-state index in [4.69, 9.17) is 5.26 Å². The quantitative estimate of drug-likeness (QED) is 0.609. The third-order valence-electron chi connectivity index (χ3n) is 2.96. The lowest BCUT2D eigenvalue weighted by molar-refractivity contribution is 0.395. The van der Waals surface area contributed by atoms with Gasteiger partial charge in [0.15, 0.2) is 0 Å². The third kappa shape index (κ3) is 2.56. The van der Waals surface area contributed by atoms with Gasteiger partial charge in [0.2, 0.25) is 16.1 Å². The summed E-state index contributed by atoms with van der Waals surface area (Å²) in [4.78, 5) is 13.9. The normalized spacial score (nSPS) is 19.6. The van der Waals surface area contributed by atoms with Crippen molar-refractivity contribution in [3.8, 4) is 6.07 Å². The Labute approximate surface area is 111 Å². The van der Waals surface area contributed by atoms with E-state index < -0.39 is 16.2 Å².